The number of rotatable bonds is 18. The molecule has 0 aliphatic heterocycles. The Balaban J connectivity index is 1.84. The van der Waals surface area contributed by atoms with Crippen molar-refractivity contribution >= 4 is 17.9 Å². The zero-order valence-corrected chi connectivity index (χ0v) is 25.6. The van der Waals surface area contributed by atoms with Crippen molar-refractivity contribution in [1.82, 2.24) is 0 Å². The van der Waals surface area contributed by atoms with Crippen molar-refractivity contribution in [2.45, 2.75) is 108 Å². The summed E-state index contributed by atoms with van der Waals surface area (Å²) in [6.07, 6.45) is -4.18. The molecule has 0 radical (unpaired) electrons. The predicted molar refractivity (Wildman–Crippen MR) is 151 cm³/mol. The Morgan fingerprint density at radius 1 is 0.638 bits per heavy atom. The molecule has 0 spiro atoms. The molecule has 2 aromatic rings. The minimum Gasteiger partial charge on any atom is -0.459 e. The highest BCUT2D eigenvalue weighted by atomic mass is 19.4. The second-order valence-corrected chi connectivity index (χ2v) is 10.9. The van der Waals surface area contributed by atoms with E-state index in [0.29, 0.717) is 6.42 Å². The molecule has 1 atom stereocenters. The van der Waals surface area contributed by atoms with E-state index in [0.717, 1.165) is 56.9 Å². The quantitative estimate of drug-likeness (QED) is 0.0673. The minimum absolute atomic E-state index is 0.0349. The molecule has 0 aliphatic rings. The van der Waals surface area contributed by atoms with Crippen molar-refractivity contribution in [3.8, 4) is 11.5 Å². The van der Waals surface area contributed by atoms with Crippen LogP contribution in [0.15, 0.2) is 48.5 Å². The lowest BCUT2D eigenvalue weighted by atomic mass is 9.98. The number of ether oxygens (including phenoxy) is 3. The maximum absolute atomic E-state index is 13.7. The molecule has 0 bridgehead atoms. The van der Waals surface area contributed by atoms with Crippen LogP contribution in [0.5, 0.6) is 11.5 Å². The third kappa shape index (κ3) is 11.2. The number of alkyl halides is 9. The van der Waals surface area contributed by atoms with Gasteiger partial charge in [0.1, 0.15) is 11.5 Å². The Hall–Kier alpha value is -3.78. The van der Waals surface area contributed by atoms with Gasteiger partial charge in [0.05, 0.1) is 17.2 Å². The topological polar surface area (TPSA) is 78.9 Å². The van der Waals surface area contributed by atoms with E-state index in [1.165, 1.54) is 37.1 Å². The van der Waals surface area contributed by atoms with Gasteiger partial charge in [-0.05, 0) is 68.3 Å². The summed E-state index contributed by atoms with van der Waals surface area (Å²) in [5.74, 6) is -21.6. The lowest BCUT2D eigenvalue weighted by Gasteiger charge is -2.34. The highest BCUT2D eigenvalue weighted by Gasteiger charge is 2.81. The fourth-order valence-electron chi connectivity index (χ4n) is 4.15. The van der Waals surface area contributed by atoms with E-state index in [1.807, 2.05) is 0 Å². The summed E-state index contributed by atoms with van der Waals surface area (Å²) in [4.78, 5) is 36.8. The molecule has 0 N–H and O–H groups in total. The van der Waals surface area contributed by atoms with Crippen LogP contribution in [-0.2, 0) is 9.53 Å². The Kier molecular flexibility index (Phi) is 14.1. The standard InChI is InChI=1S/C32H35F9O6/c1-3-4-5-6-7-8-9-10-26(42)46-24-15-17-25(18-16-24)47-28(44)23-13-11-22(12-14-23)27(43)45-21(2)19-20-29(33,34)30(35,36)31(37,38)32(39,40)41/h11-18,21H,3-10,19-20H2,1-2H3. The average molecular weight is 687 g/mol. The average Bonchev–Trinajstić information content (AvgIpc) is 3.00. The maximum Gasteiger partial charge on any atom is 0.460 e. The lowest BCUT2D eigenvalue weighted by molar-refractivity contribution is -0.397. The van der Waals surface area contributed by atoms with Crippen molar-refractivity contribution in [2.24, 2.45) is 0 Å². The molecule has 47 heavy (non-hydrogen) atoms. The Morgan fingerprint density at radius 3 is 1.62 bits per heavy atom. The van der Waals surface area contributed by atoms with Gasteiger partial charge in [-0.1, -0.05) is 45.4 Å². The van der Waals surface area contributed by atoms with Crippen LogP contribution in [0.1, 0.15) is 98.8 Å². The number of carbonyl (C=O) groups excluding carboxylic acids is 3. The third-order valence-corrected chi connectivity index (χ3v) is 6.99. The summed E-state index contributed by atoms with van der Waals surface area (Å²) < 4.78 is 133. The van der Waals surface area contributed by atoms with Crippen LogP contribution < -0.4 is 9.47 Å². The molecule has 0 fully saturated rings. The van der Waals surface area contributed by atoms with Crippen LogP contribution in [0.4, 0.5) is 39.5 Å². The predicted octanol–water partition coefficient (Wildman–Crippen LogP) is 9.75. The first-order valence-corrected chi connectivity index (χ1v) is 14.9. The Bertz CT molecular complexity index is 1310. The molecule has 2 rings (SSSR count). The van der Waals surface area contributed by atoms with E-state index >= 15 is 0 Å². The minimum atomic E-state index is -7.00. The van der Waals surface area contributed by atoms with Gasteiger partial charge in [-0.2, -0.15) is 39.5 Å². The van der Waals surface area contributed by atoms with Gasteiger partial charge in [-0.3, -0.25) is 4.79 Å². The molecule has 15 heteroatoms. The van der Waals surface area contributed by atoms with Gasteiger partial charge in [-0.25, -0.2) is 9.59 Å². The molecule has 0 saturated carbocycles. The molecule has 0 aromatic heterocycles. The van der Waals surface area contributed by atoms with E-state index in [4.69, 9.17) is 14.2 Å². The van der Waals surface area contributed by atoms with Crippen LogP contribution in [0.2, 0.25) is 0 Å². The first kappa shape index (κ1) is 39.4. The van der Waals surface area contributed by atoms with Crippen molar-refractivity contribution in [1.29, 1.82) is 0 Å². The van der Waals surface area contributed by atoms with E-state index in [-0.39, 0.29) is 35.0 Å². The molecule has 0 saturated heterocycles. The van der Waals surface area contributed by atoms with Crippen molar-refractivity contribution < 1.29 is 68.1 Å². The van der Waals surface area contributed by atoms with Gasteiger partial charge in [0.15, 0.2) is 0 Å². The van der Waals surface area contributed by atoms with Crippen LogP contribution in [-0.4, -0.2) is 48.0 Å². The molecular weight excluding hydrogens is 651 g/mol. The fourth-order valence-corrected chi connectivity index (χ4v) is 4.15. The molecule has 2 aromatic carbocycles. The van der Waals surface area contributed by atoms with Crippen LogP contribution >= 0.6 is 0 Å². The van der Waals surface area contributed by atoms with Gasteiger partial charge in [0.25, 0.3) is 0 Å². The molecule has 0 aliphatic carbocycles. The first-order chi connectivity index (χ1) is 21.8. The van der Waals surface area contributed by atoms with E-state index < -0.39 is 54.8 Å². The molecule has 0 amide bonds. The van der Waals surface area contributed by atoms with Gasteiger partial charge >= 0.3 is 41.9 Å². The smallest absolute Gasteiger partial charge is 0.459 e. The van der Waals surface area contributed by atoms with E-state index in [9.17, 15) is 53.9 Å². The van der Waals surface area contributed by atoms with E-state index in [2.05, 4.69) is 6.92 Å². The van der Waals surface area contributed by atoms with Crippen molar-refractivity contribution in [3.05, 3.63) is 59.7 Å². The number of esters is 3. The van der Waals surface area contributed by atoms with Crippen LogP contribution in [0.25, 0.3) is 0 Å². The maximum atomic E-state index is 13.7. The summed E-state index contributed by atoms with van der Waals surface area (Å²) in [5.41, 5.74) is -0.260. The largest absolute Gasteiger partial charge is 0.460 e. The van der Waals surface area contributed by atoms with E-state index in [1.54, 1.807) is 0 Å². The number of halogens is 9. The Labute approximate surface area is 265 Å². The fraction of sp³-hybridized carbons (Fsp3) is 0.531. The zero-order chi connectivity index (χ0) is 35.5. The molecule has 1 unspecified atom stereocenters. The summed E-state index contributed by atoms with van der Waals surface area (Å²) in [5, 5.41) is 0. The number of hydrogen-bond donors (Lipinski definition) is 0. The number of carbonyl (C=O) groups is 3. The summed E-state index contributed by atoms with van der Waals surface area (Å²) >= 11 is 0. The van der Waals surface area contributed by atoms with Crippen LogP contribution in [0, 0.1) is 0 Å². The summed E-state index contributed by atoms with van der Waals surface area (Å²) in [6, 6.07) is 10.1. The second kappa shape index (κ2) is 16.9. The lowest BCUT2D eigenvalue weighted by Crippen LogP contribution is -2.60. The van der Waals surface area contributed by atoms with Gasteiger partial charge in [-0.15, -0.1) is 0 Å². The van der Waals surface area contributed by atoms with Crippen molar-refractivity contribution in [3.63, 3.8) is 0 Å². The number of hydrogen-bond acceptors (Lipinski definition) is 6. The number of unbranched alkanes of at least 4 members (excludes halogenated alkanes) is 6. The highest BCUT2D eigenvalue weighted by Crippen LogP contribution is 2.54. The summed E-state index contributed by atoms with van der Waals surface area (Å²) in [7, 11) is 0. The van der Waals surface area contributed by atoms with Gasteiger partial charge < -0.3 is 14.2 Å². The van der Waals surface area contributed by atoms with Crippen molar-refractivity contribution in [2.75, 3.05) is 0 Å². The summed E-state index contributed by atoms with van der Waals surface area (Å²) in [6.45, 7) is 3.08. The molecule has 262 valence electrons. The third-order valence-electron chi connectivity index (χ3n) is 6.99. The molecular formula is C32H35F9O6. The monoisotopic (exact) mass is 686 g/mol. The zero-order valence-electron chi connectivity index (χ0n) is 25.6. The van der Waals surface area contributed by atoms with Gasteiger partial charge in [0, 0.05) is 12.8 Å². The second-order valence-electron chi connectivity index (χ2n) is 10.9. The highest BCUT2D eigenvalue weighted by molar-refractivity contribution is 5.94. The normalized spacial score (nSPS) is 13.2. The number of benzene rings is 2. The Morgan fingerprint density at radius 2 is 1.11 bits per heavy atom. The SMILES string of the molecule is CCCCCCCCCC(=O)Oc1ccc(OC(=O)c2ccc(C(=O)OC(C)CCC(F)(F)C(F)(F)C(F)(F)C(F)(F)F)cc2)cc1. The van der Waals surface area contributed by atoms with Gasteiger partial charge in [0.2, 0.25) is 0 Å². The van der Waals surface area contributed by atoms with Crippen LogP contribution in [0.3, 0.4) is 0 Å². The first-order valence-electron chi connectivity index (χ1n) is 14.9. The molecule has 0 heterocycles. The molecule has 6 nitrogen and oxygen atoms in total.